The third kappa shape index (κ3) is 4.75. The third-order valence-electron chi connectivity index (χ3n) is 2.82. The van der Waals surface area contributed by atoms with E-state index in [1.165, 1.54) is 0 Å². The zero-order valence-corrected chi connectivity index (χ0v) is 11.2. The summed E-state index contributed by atoms with van der Waals surface area (Å²) in [5, 5.41) is 0. The molecule has 0 saturated heterocycles. The molecule has 0 radical (unpaired) electrons. The Hall–Kier alpha value is -0.930. The molecular formula is C14H21F3O. The van der Waals surface area contributed by atoms with Crippen LogP contribution in [0.3, 0.4) is 0 Å². The highest BCUT2D eigenvalue weighted by molar-refractivity contribution is 5.32. The number of halogens is 3. The Morgan fingerprint density at radius 3 is 2.39 bits per heavy atom. The summed E-state index contributed by atoms with van der Waals surface area (Å²) in [7, 11) is 0. The molecule has 4 heteroatoms. The SMILES string of the molecule is CCCCCCC1=CC(C(F)(F)F)=CC(C)(C)O1. The lowest BCUT2D eigenvalue weighted by molar-refractivity contribution is -0.0922. The maximum atomic E-state index is 12.7. The lowest BCUT2D eigenvalue weighted by Crippen LogP contribution is -2.28. The molecule has 1 rings (SSSR count). The fourth-order valence-corrected chi connectivity index (χ4v) is 2.00. The van der Waals surface area contributed by atoms with Crippen LogP contribution in [-0.4, -0.2) is 11.8 Å². The highest BCUT2D eigenvalue weighted by atomic mass is 19.4. The molecule has 0 fully saturated rings. The number of alkyl halides is 3. The van der Waals surface area contributed by atoms with Crippen LogP contribution >= 0.6 is 0 Å². The molecule has 0 aromatic carbocycles. The molecule has 0 aromatic heterocycles. The summed E-state index contributed by atoms with van der Waals surface area (Å²) in [6.07, 6.45) is 2.69. The van der Waals surface area contributed by atoms with Gasteiger partial charge in [0.25, 0.3) is 0 Å². The van der Waals surface area contributed by atoms with Crippen molar-refractivity contribution in [3.05, 3.63) is 23.5 Å². The molecule has 1 nitrogen and oxygen atoms in total. The zero-order valence-electron chi connectivity index (χ0n) is 11.2. The number of hydrogen-bond donors (Lipinski definition) is 0. The van der Waals surface area contributed by atoms with Crippen LogP contribution in [0, 0.1) is 0 Å². The number of unbranched alkanes of at least 4 members (excludes halogenated alkanes) is 3. The third-order valence-corrected chi connectivity index (χ3v) is 2.82. The second-order valence-corrected chi connectivity index (χ2v) is 5.22. The van der Waals surface area contributed by atoms with E-state index < -0.39 is 17.4 Å². The van der Waals surface area contributed by atoms with Crippen molar-refractivity contribution < 1.29 is 17.9 Å². The Labute approximate surface area is 107 Å². The molecule has 1 aliphatic rings. The Balaban J connectivity index is 2.68. The van der Waals surface area contributed by atoms with Gasteiger partial charge in [-0.3, -0.25) is 0 Å². The number of ether oxygens (including phenoxy) is 1. The van der Waals surface area contributed by atoms with Crippen molar-refractivity contribution in [1.29, 1.82) is 0 Å². The van der Waals surface area contributed by atoms with Gasteiger partial charge in [-0.15, -0.1) is 0 Å². The van der Waals surface area contributed by atoms with Crippen LogP contribution < -0.4 is 0 Å². The molecule has 0 atom stereocenters. The van der Waals surface area contributed by atoms with E-state index in [1.807, 2.05) is 0 Å². The van der Waals surface area contributed by atoms with E-state index in [2.05, 4.69) is 6.92 Å². The van der Waals surface area contributed by atoms with Crippen LogP contribution in [0.4, 0.5) is 13.2 Å². The van der Waals surface area contributed by atoms with Crippen molar-refractivity contribution in [3.8, 4) is 0 Å². The first-order valence-corrected chi connectivity index (χ1v) is 6.44. The Bertz CT molecular complexity index is 337. The van der Waals surface area contributed by atoms with Crippen LogP contribution in [0.1, 0.15) is 52.9 Å². The van der Waals surface area contributed by atoms with Gasteiger partial charge in [-0.05, 0) is 32.4 Å². The summed E-state index contributed by atoms with van der Waals surface area (Å²) in [6, 6.07) is 0. The molecule has 1 aliphatic heterocycles. The quantitative estimate of drug-likeness (QED) is 0.623. The molecule has 0 aliphatic carbocycles. The van der Waals surface area contributed by atoms with E-state index in [9.17, 15) is 13.2 Å². The van der Waals surface area contributed by atoms with E-state index >= 15 is 0 Å². The lowest BCUT2D eigenvalue weighted by atomic mass is 9.99. The maximum absolute atomic E-state index is 12.7. The van der Waals surface area contributed by atoms with Crippen LogP contribution in [0.2, 0.25) is 0 Å². The van der Waals surface area contributed by atoms with E-state index in [0.717, 1.165) is 37.8 Å². The summed E-state index contributed by atoms with van der Waals surface area (Å²) < 4.78 is 43.8. The Morgan fingerprint density at radius 2 is 1.83 bits per heavy atom. The summed E-state index contributed by atoms with van der Waals surface area (Å²) in [4.78, 5) is 0. The highest BCUT2D eigenvalue weighted by Crippen LogP contribution is 2.36. The van der Waals surface area contributed by atoms with Crippen LogP contribution in [0.5, 0.6) is 0 Å². The van der Waals surface area contributed by atoms with Crippen LogP contribution in [-0.2, 0) is 4.74 Å². The maximum Gasteiger partial charge on any atom is 0.416 e. The van der Waals surface area contributed by atoms with Crippen molar-refractivity contribution in [1.82, 2.24) is 0 Å². The second-order valence-electron chi connectivity index (χ2n) is 5.22. The largest absolute Gasteiger partial charge is 0.488 e. The van der Waals surface area contributed by atoms with Gasteiger partial charge in [0, 0.05) is 6.42 Å². The second kappa shape index (κ2) is 5.81. The van der Waals surface area contributed by atoms with Gasteiger partial charge in [0.05, 0.1) is 11.3 Å². The minimum absolute atomic E-state index is 0.450. The fourth-order valence-electron chi connectivity index (χ4n) is 2.00. The highest BCUT2D eigenvalue weighted by Gasteiger charge is 2.37. The van der Waals surface area contributed by atoms with Gasteiger partial charge >= 0.3 is 6.18 Å². The van der Waals surface area contributed by atoms with E-state index in [4.69, 9.17) is 4.74 Å². The smallest absolute Gasteiger partial charge is 0.416 e. The Morgan fingerprint density at radius 1 is 1.17 bits per heavy atom. The van der Waals surface area contributed by atoms with Crippen molar-refractivity contribution in [2.45, 2.75) is 64.7 Å². The van der Waals surface area contributed by atoms with E-state index in [1.54, 1.807) is 13.8 Å². The van der Waals surface area contributed by atoms with Gasteiger partial charge in [-0.2, -0.15) is 13.2 Å². The lowest BCUT2D eigenvalue weighted by Gasteiger charge is -2.30. The Kier molecular flexibility index (Phi) is 4.88. The minimum Gasteiger partial charge on any atom is -0.488 e. The molecule has 0 saturated carbocycles. The van der Waals surface area contributed by atoms with Gasteiger partial charge in [0.15, 0.2) is 0 Å². The van der Waals surface area contributed by atoms with Crippen LogP contribution in [0.25, 0.3) is 0 Å². The average Bonchev–Trinajstić information content (AvgIpc) is 2.21. The number of rotatable bonds is 5. The van der Waals surface area contributed by atoms with Crippen molar-refractivity contribution >= 4 is 0 Å². The first-order chi connectivity index (χ1) is 8.24. The van der Waals surface area contributed by atoms with E-state index in [0.29, 0.717) is 12.2 Å². The summed E-state index contributed by atoms with van der Waals surface area (Å²) in [5.74, 6) is 0.450. The number of allylic oxidation sites excluding steroid dienone is 3. The van der Waals surface area contributed by atoms with Crippen molar-refractivity contribution in [2.24, 2.45) is 0 Å². The van der Waals surface area contributed by atoms with E-state index in [-0.39, 0.29) is 0 Å². The normalized spacial score (nSPS) is 19.0. The molecule has 18 heavy (non-hydrogen) atoms. The average molecular weight is 262 g/mol. The van der Waals surface area contributed by atoms with Gasteiger partial charge in [0.1, 0.15) is 5.60 Å². The molecule has 104 valence electrons. The van der Waals surface area contributed by atoms with Crippen LogP contribution in [0.15, 0.2) is 23.5 Å². The molecule has 0 spiro atoms. The molecule has 0 aromatic rings. The fraction of sp³-hybridized carbons (Fsp3) is 0.714. The summed E-state index contributed by atoms with van der Waals surface area (Å²) >= 11 is 0. The first kappa shape index (κ1) is 15.1. The topological polar surface area (TPSA) is 9.23 Å². The molecule has 0 amide bonds. The number of hydrogen-bond acceptors (Lipinski definition) is 1. The molecule has 0 N–H and O–H groups in total. The minimum atomic E-state index is -4.30. The van der Waals surface area contributed by atoms with Crippen molar-refractivity contribution in [2.75, 3.05) is 0 Å². The van der Waals surface area contributed by atoms with Gasteiger partial charge in [0.2, 0.25) is 0 Å². The van der Waals surface area contributed by atoms with Crippen molar-refractivity contribution in [3.63, 3.8) is 0 Å². The monoisotopic (exact) mass is 262 g/mol. The molecule has 0 bridgehead atoms. The standard InChI is InChI=1S/C14H21F3O/c1-4-5-6-7-8-12-9-11(14(15,16)17)10-13(2,3)18-12/h9-10H,4-8H2,1-3H3. The van der Waals surface area contributed by atoms with Gasteiger partial charge < -0.3 is 4.74 Å². The molecular weight excluding hydrogens is 241 g/mol. The molecule has 0 unspecified atom stereocenters. The first-order valence-electron chi connectivity index (χ1n) is 6.44. The summed E-state index contributed by atoms with van der Waals surface area (Å²) in [5.41, 5.74) is -1.47. The summed E-state index contributed by atoms with van der Waals surface area (Å²) in [6.45, 7) is 5.40. The van der Waals surface area contributed by atoms with Gasteiger partial charge in [-0.1, -0.05) is 26.2 Å². The predicted octanol–water partition coefficient (Wildman–Crippen LogP) is 5.14. The predicted molar refractivity (Wildman–Crippen MR) is 66.1 cm³/mol. The molecule has 1 heterocycles. The zero-order chi connectivity index (χ0) is 13.8. The van der Waals surface area contributed by atoms with Gasteiger partial charge in [-0.25, -0.2) is 0 Å².